The first-order valence-corrected chi connectivity index (χ1v) is 11.0. The predicted octanol–water partition coefficient (Wildman–Crippen LogP) is 5.19. The standard InChI is InChI=1S/C26H26N4O3/c27-24(29-26(32)33)22-17-19(18-8-3-1-4-9-18)12-13-23(22)28-25(31)20-10-7-11-21(16-20)30-14-5-2-6-15-30/h1,3-4,7-13,16-17H,2,5-6,14-15H2,(H2,27,29)(H,28,31)(H,32,33). The largest absolute Gasteiger partial charge is 0.465 e. The molecule has 0 atom stereocenters. The summed E-state index contributed by atoms with van der Waals surface area (Å²) in [4.78, 5) is 26.5. The Labute approximate surface area is 192 Å². The molecule has 1 aliphatic heterocycles. The highest BCUT2D eigenvalue weighted by Crippen LogP contribution is 2.27. The Balaban J connectivity index is 1.62. The summed E-state index contributed by atoms with van der Waals surface area (Å²) < 4.78 is 0. The molecule has 168 valence electrons. The Morgan fingerprint density at radius 2 is 1.61 bits per heavy atom. The molecule has 0 aliphatic carbocycles. The van der Waals surface area contributed by atoms with Crippen molar-refractivity contribution in [1.82, 2.24) is 5.32 Å². The second kappa shape index (κ2) is 9.99. The van der Waals surface area contributed by atoms with E-state index in [2.05, 4.69) is 15.5 Å². The number of amides is 2. The van der Waals surface area contributed by atoms with Crippen LogP contribution in [0.5, 0.6) is 0 Å². The molecule has 33 heavy (non-hydrogen) atoms. The second-order valence-electron chi connectivity index (χ2n) is 7.98. The van der Waals surface area contributed by atoms with Gasteiger partial charge in [0.15, 0.2) is 0 Å². The number of carbonyl (C=O) groups excluding carboxylic acids is 1. The third-order valence-corrected chi connectivity index (χ3v) is 5.71. The zero-order valence-electron chi connectivity index (χ0n) is 18.2. The molecule has 0 radical (unpaired) electrons. The smallest absolute Gasteiger partial charge is 0.410 e. The van der Waals surface area contributed by atoms with Crippen molar-refractivity contribution in [3.8, 4) is 11.1 Å². The molecule has 3 aromatic carbocycles. The molecular weight excluding hydrogens is 416 g/mol. The number of benzene rings is 3. The van der Waals surface area contributed by atoms with E-state index in [9.17, 15) is 9.59 Å². The molecule has 7 heteroatoms. The molecule has 2 amide bonds. The van der Waals surface area contributed by atoms with Crippen molar-refractivity contribution in [3.05, 3.63) is 83.9 Å². The maximum atomic E-state index is 13.1. The van der Waals surface area contributed by atoms with Gasteiger partial charge in [-0.05, 0) is 60.7 Å². The predicted molar refractivity (Wildman–Crippen MR) is 130 cm³/mol. The monoisotopic (exact) mass is 442 g/mol. The first-order chi connectivity index (χ1) is 16.0. The summed E-state index contributed by atoms with van der Waals surface area (Å²) >= 11 is 0. The number of piperidine rings is 1. The maximum Gasteiger partial charge on any atom is 0.410 e. The van der Waals surface area contributed by atoms with Crippen molar-refractivity contribution in [3.63, 3.8) is 0 Å². The minimum atomic E-state index is -1.34. The van der Waals surface area contributed by atoms with Crippen LogP contribution in [0.3, 0.4) is 0 Å². The molecule has 4 rings (SSSR count). The minimum Gasteiger partial charge on any atom is -0.465 e. The highest BCUT2D eigenvalue weighted by Gasteiger charge is 2.17. The van der Waals surface area contributed by atoms with Gasteiger partial charge in [0.05, 0.1) is 5.69 Å². The zero-order valence-corrected chi connectivity index (χ0v) is 18.2. The molecule has 0 unspecified atom stereocenters. The van der Waals surface area contributed by atoms with Gasteiger partial charge in [0.2, 0.25) is 0 Å². The van der Waals surface area contributed by atoms with Crippen LogP contribution in [-0.2, 0) is 0 Å². The number of carboxylic acid groups (broad SMARTS) is 1. The van der Waals surface area contributed by atoms with Crippen LogP contribution < -0.4 is 15.5 Å². The van der Waals surface area contributed by atoms with Gasteiger partial charge in [-0.1, -0.05) is 42.5 Å². The highest BCUT2D eigenvalue weighted by molar-refractivity contribution is 6.12. The van der Waals surface area contributed by atoms with Crippen molar-refractivity contribution in [2.24, 2.45) is 0 Å². The summed E-state index contributed by atoms with van der Waals surface area (Å²) in [6, 6.07) is 22.3. The SMILES string of the molecule is N=C(NC(=O)O)c1cc(-c2ccccc2)ccc1NC(=O)c1cccc(N2CCCCC2)c1. The van der Waals surface area contributed by atoms with E-state index in [1.807, 2.05) is 54.6 Å². The van der Waals surface area contributed by atoms with E-state index in [4.69, 9.17) is 10.5 Å². The third-order valence-electron chi connectivity index (χ3n) is 5.71. The molecule has 0 bridgehead atoms. The van der Waals surface area contributed by atoms with E-state index in [0.29, 0.717) is 16.8 Å². The number of anilines is 2. The molecule has 1 fully saturated rings. The van der Waals surface area contributed by atoms with Crippen molar-refractivity contribution >= 4 is 29.2 Å². The average molecular weight is 443 g/mol. The Bertz CT molecular complexity index is 1170. The number of hydrogen-bond acceptors (Lipinski definition) is 4. The van der Waals surface area contributed by atoms with Crippen molar-refractivity contribution < 1.29 is 14.7 Å². The first kappa shape index (κ1) is 22.1. The lowest BCUT2D eigenvalue weighted by Crippen LogP contribution is -2.30. The van der Waals surface area contributed by atoms with Gasteiger partial charge in [0, 0.05) is 29.9 Å². The second-order valence-corrected chi connectivity index (χ2v) is 7.98. The van der Waals surface area contributed by atoms with Gasteiger partial charge in [-0.25, -0.2) is 4.79 Å². The molecule has 1 aliphatic rings. The molecule has 7 nitrogen and oxygen atoms in total. The summed E-state index contributed by atoms with van der Waals surface area (Å²) in [6.45, 7) is 1.96. The van der Waals surface area contributed by atoms with E-state index in [-0.39, 0.29) is 11.7 Å². The lowest BCUT2D eigenvalue weighted by atomic mass is 10.0. The van der Waals surface area contributed by atoms with Gasteiger partial charge >= 0.3 is 6.09 Å². The number of carbonyl (C=O) groups is 2. The fraction of sp³-hybridized carbons (Fsp3) is 0.192. The fourth-order valence-electron chi connectivity index (χ4n) is 4.03. The zero-order chi connectivity index (χ0) is 23.2. The Kier molecular flexibility index (Phi) is 6.69. The summed E-state index contributed by atoms with van der Waals surface area (Å²) in [5.74, 6) is -0.622. The Morgan fingerprint density at radius 1 is 0.848 bits per heavy atom. The van der Waals surface area contributed by atoms with Crippen LogP contribution in [0.4, 0.5) is 16.2 Å². The van der Waals surface area contributed by atoms with Crippen LogP contribution in [0.15, 0.2) is 72.8 Å². The van der Waals surface area contributed by atoms with E-state index in [1.165, 1.54) is 6.42 Å². The van der Waals surface area contributed by atoms with Gasteiger partial charge in [0.1, 0.15) is 5.84 Å². The highest BCUT2D eigenvalue weighted by atomic mass is 16.4. The number of nitrogens with one attached hydrogen (secondary N) is 3. The van der Waals surface area contributed by atoms with Gasteiger partial charge in [-0.2, -0.15) is 0 Å². The van der Waals surface area contributed by atoms with E-state index < -0.39 is 6.09 Å². The quantitative estimate of drug-likeness (QED) is 0.322. The van der Waals surface area contributed by atoms with Gasteiger partial charge < -0.3 is 15.3 Å². The van der Waals surface area contributed by atoms with Crippen molar-refractivity contribution in [2.45, 2.75) is 19.3 Å². The van der Waals surface area contributed by atoms with Crippen LogP contribution in [0, 0.1) is 5.41 Å². The first-order valence-electron chi connectivity index (χ1n) is 11.0. The fourth-order valence-corrected chi connectivity index (χ4v) is 4.03. The lowest BCUT2D eigenvalue weighted by Gasteiger charge is -2.29. The topological polar surface area (TPSA) is 106 Å². The number of rotatable bonds is 5. The van der Waals surface area contributed by atoms with Gasteiger partial charge in [0.25, 0.3) is 5.91 Å². The minimum absolute atomic E-state index is 0.291. The lowest BCUT2D eigenvalue weighted by molar-refractivity contribution is 0.102. The average Bonchev–Trinajstić information content (AvgIpc) is 2.85. The molecular formula is C26H26N4O3. The molecule has 0 aromatic heterocycles. The third kappa shape index (κ3) is 5.38. The van der Waals surface area contributed by atoms with E-state index in [0.717, 1.165) is 42.7 Å². The number of amidine groups is 1. The molecule has 4 N–H and O–H groups in total. The van der Waals surface area contributed by atoms with E-state index >= 15 is 0 Å². The molecule has 1 saturated heterocycles. The summed E-state index contributed by atoms with van der Waals surface area (Å²) in [5.41, 5.74) is 3.92. The van der Waals surface area contributed by atoms with Crippen LogP contribution in [0.25, 0.3) is 11.1 Å². The van der Waals surface area contributed by atoms with Crippen LogP contribution in [0.2, 0.25) is 0 Å². The number of nitrogens with zero attached hydrogens (tertiary/aromatic N) is 1. The summed E-state index contributed by atoms with van der Waals surface area (Å²) in [7, 11) is 0. The maximum absolute atomic E-state index is 13.1. The van der Waals surface area contributed by atoms with Gasteiger partial charge in [-0.15, -0.1) is 0 Å². The summed E-state index contributed by atoms with van der Waals surface area (Å²) in [6.07, 6.45) is 2.18. The van der Waals surface area contributed by atoms with Crippen molar-refractivity contribution in [2.75, 3.05) is 23.3 Å². The van der Waals surface area contributed by atoms with Crippen LogP contribution >= 0.6 is 0 Å². The number of hydrogen-bond donors (Lipinski definition) is 4. The van der Waals surface area contributed by atoms with Gasteiger partial charge in [-0.3, -0.25) is 15.5 Å². The van der Waals surface area contributed by atoms with E-state index in [1.54, 1.807) is 18.2 Å². The molecule has 0 saturated carbocycles. The Morgan fingerprint density at radius 3 is 2.33 bits per heavy atom. The summed E-state index contributed by atoms with van der Waals surface area (Å²) in [5, 5.41) is 22.3. The molecule has 0 spiro atoms. The molecule has 1 heterocycles. The van der Waals surface area contributed by atoms with Crippen LogP contribution in [-0.4, -0.2) is 36.0 Å². The normalized spacial score (nSPS) is 13.3. The Hall–Kier alpha value is -4.13. The van der Waals surface area contributed by atoms with Crippen LogP contribution in [0.1, 0.15) is 35.2 Å². The molecule has 3 aromatic rings. The van der Waals surface area contributed by atoms with Crippen molar-refractivity contribution in [1.29, 1.82) is 5.41 Å².